The lowest BCUT2D eigenvalue weighted by Crippen LogP contribution is -2.15. The molecule has 1 aromatic heterocycles. The van der Waals surface area contributed by atoms with E-state index in [9.17, 15) is 4.79 Å². The highest BCUT2D eigenvalue weighted by molar-refractivity contribution is 5.88. The smallest absolute Gasteiger partial charge is 0.166 e. The number of nitrogens with one attached hydrogen (secondary N) is 1. The van der Waals surface area contributed by atoms with Gasteiger partial charge in [-0.05, 0) is 44.8 Å². The van der Waals surface area contributed by atoms with Crippen molar-refractivity contribution in [1.29, 1.82) is 0 Å². The molecule has 4 heteroatoms. The van der Waals surface area contributed by atoms with Crippen molar-refractivity contribution in [2.24, 2.45) is 0 Å². The van der Waals surface area contributed by atoms with Gasteiger partial charge >= 0.3 is 0 Å². The molecule has 0 atom stereocenters. The Kier molecular flexibility index (Phi) is 3.99. The first-order valence-corrected chi connectivity index (χ1v) is 6.04. The summed E-state index contributed by atoms with van der Waals surface area (Å²) in [6.45, 7) is 1.72. The van der Waals surface area contributed by atoms with Crippen molar-refractivity contribution in [2.45, 2.75) is 6.42 Å². The summed E-state index contributed by atoms with van der Waals surface area (Å²) in [4.78, 5) is 15.8. The van der Waals surface area contributed by atoms with Crippen LogP contribution in [0.5, 0.6) is 5.75 Å². The van der Waals surface area contributed by atoms with Gasteiger partial charge in [0.25, 0.3) is 0 Å². The van der Waals surface area contributed by atoms with Crippen molar-refractivity contribution >= 4 is 17.2 Å². The van der Waals surface area contributed by atoms with Gasteiger partial charge in [0.15, 0.2) is 6.29 Å². The van der Waals surface area contributed by atoms with Gasteiger partial charge in [-0.2, -0.15) is 0 Å². The summed E-state index contributed by atoms with van der Waals surface area (Å²) in [5.74, 6) is 0.845. The summed E-state index contributed by atoms with van der Waals surface area (Å²) in [6.07, 6.45) is 1.81. The monoisotopic (exact) mass is 246 g/mol. The third kappa shape index (κ3) is 3.11. The third-order valence-electron chi connectivity index (χ3n) is 2.76. The molecule has 1 aromatic carbocycles. The second kappa shape index (κ2) is 5.69. The van der Waals surface area contributed by atoms with Gasteiger partial charge in [0.2, 0.25) is 0 Å². The topological polar surface area (TPSA) is 45.3 Å². The lowest BCUT2D eigenvalue weighted by Gasteiger charge is -2.10. The molecule has 0 saturated carbocycles. The van der Waals surface area contributed by atoms with Crippen LogP contribution in [0.1, 0.15) is 16.9 Å². The summed E-state index contributed by atoms with van der Waals surface area (Å²) in [6, 6.07) is 7.64. The van der Waals surface area contributed by atoms with Crippen LogP contribution in [0.15, 0.2) is 24.3 Å². The zero-order chi connectivity index (χ0) is 13.0. The Morgan fingerprint density at radius 2 is 2.17 bits per heavy atom. The van der Waals surface area contributed by atoms with Crippen LogP contribution in [-0.4, -0.2) is 43.4 Å². The van der Waals surface area contributed by atoms with Crippen molar-refractivity contribution in [2.75, 3.05) is 27.2 Å². The van der Waals surface area contributed by atoms with Gasteiger partial charge in [0, 0.05) is 17.4 Å². The van der Waals surface area contributed by atoms with Crippen LogP contribution in [0.3, 0.4) is 0 Å². The van der Waals surface area contributed by atoms with E-state index in [0.29, 0.717) is 12.3 Å². The predicted molar refractivity (Wildman–Crippen MR) is 72.4 cm³/mol. The summed E-state index contributed by atoms with van der Waals surface area (Å²) in [5, 5.41) is 1.00. The highest BCUT2D eigenvalue weighted by Gasteiger charge is 2.02. The van der Waals surface area contributed by atoms with Gasteiger partial charge < -0.3 is 14.6 Å². The molecule has 18 heavy (non-hydrogen) atoms. The zero-order valence-corrected chi connectivity index (χ0v) is 10.8. The van der Waals surface area contributed by atoms with Gasteiger partial charge in [-0.1, -0.05) is 0 Å². The van der Waals surface area contributed by atoms with Crippen molar-refractivity contribution in [3.8, 4) is 5.75 Å². The molecule has 0 saturated heterocycles. The van der Waals surface area contributed by atoms with Gasteiger partial charge in [-0.15, -0.1) is 0 Å². The Morgan fingerprint density at radius 1 is 1.33 bits per heavy atom. The van der Waals surface area contributed by atoms with Crippen molar-refractivity contribution in [3.63, 3.8) is 0 Å². The van der Waals surface area contributed by atoms with E-state index in [-0.39, 0.29) is 0 Å². The van der Waals surface area contributed by atoms with Crippen LogP contribution in [-0.2, 0) is 0 Å². The summed E-state index contributed by atoms with van der Waals surface area (Å²) in [5.41, 5.74) is 1.55. The Morgan fingerprint density at radius 3 is 2.89 bits per heavy atom. The van der Waals surface area contributed by atoms with Crippen LogP contribution < -0.4 is 4.74 Å². The second-order valence-electron chi connectivity index (χ2n) is 4.60. The number of rotatable bonds is 6. The lowest BCUT2D eigenvalue weighted by molar-refractivity contribution is 0.112. The molecule has 4 nitrogen and oxygen atoms in total. The van der Waals surface area contributed by atoms with E-state index in [1.54, 1.807) is 0 Å². The normalized spacial score (nSPS) is 11.1. The Hall–Kier alpha value is -1.81. The van der Waals surface area contributed by atoms with Crippen LogP contribution in [0.2, 0.25) is 0 Å². The SMILES string of the molecule is CN(C)CCCOc1ccc2[nH]c(C=O)cc2c1. The standard InChI is InChI=1S/C14H18N2O2/c1-16(2)6-3-7-18-13-4-5-14-11(9-13)8-12(10-17)15-14/h4-5,8-10,15H,3,6-7H2,1-2H3. The molecular weight excluding hydrogens is 228 g/mol. The van der Waals surface area contributed by atoms with Crippen LogP contribution in [0.25, 0.3) is 10.9 Å². The Labute approximate surface area is 107 Å². The fourth-order valence-electron chi connectivity index (χ4n) is 1.86. The molecule has 0 unspecified atom stereocenters. The number of ether oxygens (including phenoxy) is 1. The number of H-pyrrole nitrogens is 1. The minimum atomic E-state index is 0.592. The number of carbonyl (C=O) groups excluding carboxylic acids is 1. The number of benzene rings is 1. The molecule has 0 spiro atoms. The molecule has 0 aliphatic heterocycles. The maximum Gasteiger partial charge on any atom is 0.166 e. The first-order chi connectivity index (χ1) is 8.69. The highest BCUT2D eigenvalue weighted by Crippen LogP contribution is 2.21. The highest BCUT2D eigenvalue weighted by atomic mass is 16.5. The summed E-state index contributed by atoms with van der Waals surface area (Å²) in [7, 11) is 4.10. The van der Waals surface area contributed by atoms with Gasteiger partial charge in [-0.3, -0.25) is 4.79 Å². The molecule has 0 radical (unpaired) electrons. The zero-order valence-electron chi connectivity index (χ0n) is 10.8. The third-order valence-corrected chi connectivity index (χ3v) is 2.76. The molecule has 96 valence electrons. The largest absolute Gasteiger partial charge is 0.494 e. The maximum atomic E-state index is 10.7. The van der Waals surface area contributed by atoms with E-state index in [1.165, 1.54) is 0 Å². The molecule has 0 amide bonds. The van der Waals surface area contributed by atoms with E-state index in [1.807, 2.05) is 38.4 Å². The molecule has 0 bridgehead atoms. The average Bonchev–Trinajstić information content (AvgIpc) is 2.76. The molecule has 1 N–H and O–H groups in total. The van der Waals surface area contributed by atoms with E-state index in [0.717, 1.165) is 35.9 Å². The molecule has 0 aliphatic carbocycles. The van der Waals surface area contributed by atoms with Crippen LogP contribution in [0.4, 0.5) is 0 Å². The number of carbonyl (C=O) groups is 1. The number of nitrogens with zero attached hydrogens (tertiary/aromatic N) is 1. The Bertz CT molecular complexity index is 532. The van der Waals surface area contributed by atoms with Crippen LogP contribution in [0, 0.1) is 0 Å². The second-order valence-corrected chi connectivity index (χ2v) is 4.60. The Balaban J connectivity index is 1.99. The summed E-state index contributed by atoms with van der Waals surface area (Å²) >= 11 is 0. The fraction of sp³-hybridized carbons (Fsp3) is 0.357. The molecule has 2 rings (SSSR count). The van der Waals surface area contributed by atoms with E-state index in [4.69, 9.17) is 4.74 Å². The molecule has 2 aromatic rings. The number of aldehydes is 1. The van der Waals surface area contributed by atoms with Gasteiger partial charge in [-0.25, -0.2) is 0 Å². The number of fused-ring (bicyclic) bond motifs is 1. The first-order valence-electron chi connectivity index (χ1n) is 6.04. The van der Waals surface area contributed by atoms with Crippen molar-refractivity contribution in [1.82, 2.24) is 9.88 Å². The fourth-order valence-corrected chi connectivity index (χ4v) is 1.86. The molecule has 0 fully saturated rings. The lowest BCUT2D eigenvalue weighted by atomic mass is 10.2. The number of aromatic amines is 1. The minimum absolute atomic E-state index is 0.592. The maximum absolute atomic E-state index is 10.7. The summed E-state index contributed by atoms with van der Waals surface area (Å²) < 4.78 is 5.68. The van der Waals surface area contributed by atoms with Crippen molar-refractivity contribution < 1.29 is 9.53 Å². The van der Waals surface area contributed by atoms with Gasteiger partial charge in [0.1, 0.15) is 5.75 Å². The average molecular weight is 246 g/mol. The van der Waals surface area contributed by atoms with E-state index in [2.05, 4.69) is 9.88 Å². The first kappa shape index (κ1) is 12.6. The predicted octanol–water partition coefficient (Wildman–Crippen LogP) is 2.31. The van der Waals surface area contributed by atoms with Crippen LogP contribution >= 0.6 is 0 Å². The van der Waals surface area contributed by atoms with E-state index >= 15 is 0 Å². The quantitative estimate of drug-likeness (QED) is 0.628. The minimum Gasteiger partial charge on any atom is -0.494 e. The number of hydrogen-bond donors (Lipinski definition) is 1. The molecule has 1 heterocycles. The van der Waals surface area contributed by atoms with Crippen molar-refractivity contribution in [3.05, 3.63) is 30.0 Å². The molecular formula is C14H18N2O2. The van der Waals surface area contributed by atoms with E-state index < -0.39 is 0 Å². The number of hydrogen-bond acceptors (Lipinski definition) is 3. The van der Waals surface area contributed by atoms with Gasteiger partial charge in [0.05, 0.1) is 12.3 Å². The molecule has 0 aliphatic rings. The number of aromatic nitrogens is 1.